The van der Waals surface area contributed by atoms with Crippen molar-refractivity contribution in [2.75, 3.05) is 13.7 Å². The number of methoxy groups -OCH3 is 1. The molecule has 0 bridgehead atoms. The molecule has 0 aliphatic rings. The molecule has 4 heteroatoms. The largest absolute Gasteiger partial charge is 0.481 e. The van der Waals surface area contributed by atoms with E-state index >= 15 is 0 Å². The standard InChI is InChI=1S/C15H16N2O2/c1-19-15-9-5-8-13(17-15)10-16-14(11-18)12-6-3-2-4-7-12/h2-10,14,18H,11H2,1H3/b16-10+/t14-/m1/s1. The summed E-state index contributed by atoms with van der Waals surface area (Å²) in [7, 11) is 1.57. The molecular formula is C15H16N2O2. The van der Waals surface area contributed by atoms with Gasteiger partial charge in [0, 0.05) is 12.3 Å². The van der Waals surface area contributed by atoms with E-state index in [0.717, 1.165) is 5.56 Å². The summed E-state index contributed by atoms with van der Waals surface area (Å²) in [5, 5.41) is 9.40. The molecule has 0 amide bonds. The molecule has 0 saturated heterocycles. The summed E-state index contributed by atoms with van der Waals surface area (Å²) in [6.07, 6.45) is 1.65. The van der Waals surface area contributed by atoms with E-state index in [1.54, 1.807) is 19.4 Å². The van der Waals surface area contributed by atoms with Gasteiger partial charge in [0.2, 0.25) is 5.88 Å². The van der Waals surface area contributed by atoms with Gasteiger partial charge in [-0.3, -0.25) is 4.99 Å². The van der Waals surface area contributed by atoms with Gasteiger partial charge >= 0.3 is 0 Å². The van der Waals surface area contributed by atoms with Gasteiger partial charge in [-0.2, -0.15) is 0 Å². The molecule has 0 aliphatic carbocycles. The van der Waals surface area contributed by atoms with Crippen molar-refractivity contribution < 1.29 is 9.84 Å². The van der Waals surface area contributed by atoms with E-state index in [1.165, 1.54) is 0 Å². The number of aliphatic hydroxyl groups is 1. The fourth-order valence-electron chi connectivity index (χ4n) is 1.70. The first kappa shape index (κ1) is 13.2. The Bertz CT molecular complexity index is 541. The van der Waals surface area contributed by atoms with E-state index in [0.29, 0.717) is 11.6 Å². The fourth-order valence-corrected chi connectivity index (χ4v) is 1.70. The van der Waals surface area contributed by atoms with Gasteiger partial charge in [-0.25, -0.2) is 4.98 Å². The van der Waals surface area contributed by atoms with Crippen LogP contribution in [-0.4, -0.2) is 30.0 Å². The number of benzene rings is 1. The maximum atomic E-state index is 9.40. The summed E-state index contributed by atoms with van der Waals surface area (Å²) >= 11 is 0. The molecule has 1 aromatic heterocycles. The lowest BCUT2D eigenvalue weighted by atomic mass is 10.1. The van der Waals surface area contributed by atoms with Crippen molar-refractivity contribution in [1.29, 1.82) is 0 Å². The normalized spacial score (nSPS) is 12.5. The Balaban J connectivity index is 2.15. The van der Waals surface area contributed by atoms with Crippen molar-refractivity contribution in [3.05, 3.63) is 59.8 Å². The van der Waals surface area contributed by atoms with Crippen molar-refractivity contribution in [3.63, 3.8) is 0 Å². The molecule has 98 valence electrons. The molecule has 1 aromatic carbocycles. The van der Waals surface area contributed by atoms with Crippen molar-refractivity contribution in [3.8, 4) is 5.88 Å². The second-order valence-electron chi connectivity index (χ2n) is 3.99. The van der Waals surface area contributed by atoms with Crippen LogP contribution in [0.1, 0.15) is 17.3 Å². The number of nitrogens with zero attached hydrogens (tertiary/aromatic N) is 2. The minimum Gasteiger partial charge on any atom is -0.481 e. The molecule has 4 nitrogen and oxygen atoms in total. The number of aliphatic hydroxyl groups excluding tert-OH is 1. The quantitative estimate of drug-likeness (QED) is 0.835. The maximum absolute atomic E-state index is 9.40. The molecular weight excluding hydrogens is 240 g/mol. The number of aliphatic imine (C=N–C) groups is 1. The molecule has 2 rings (SSSR count). The van der Waals surface area contributed by atoms with Gasteiger partial charge in [0.25, 0.3) is 0 Å². The number of aromatic nitrogens is 1. The Morgan fingerprint density at radius 3 is 2.68 bits per heavy atom. The van der Waals surface area contributed by atoms with Gasteiger partial charge in [-0.15, -0.1) is 0 Å². The lowest BCUT2D eigenvalue weighted by Gasteiger charge is -2.08. The highest BCUT2D eigenvalue weighted by Gasteiger charge is 2.06. The molecule has 0 spiro atoms. The predicted molar refractivity (Wildman–Crippen MR) is 74.7 cm³/mol. The Morgan fingerprint density at radius 2 is 2.00 bits per heavy atom. The van der Waals surface area contributed by atoms with E-state index in [4.69, 9.17) is 4.74 Å². The second kappa shape index (κ2) is 6.66. The van der Waals surface area contributed by atoms with Gasteiger partial charge in [-0.1, -0.05) is 36.4 Å². The lowest BCUT2D eigenvalue weighted by Crippen LogP contribution is -2.02. The topological polar surface area (TPSA) is 54.7 Å². The van der Waals surface area contributed by atoms with Gasteiger partial charge in [0.05, 0.1) is 25.5 Å². The van der Waals surface area contributed by atoms with Crippen LogP contribution in [0.3, 0.4) is 0 Å². The number of ether oxygens (including phenoxy) is 1. The zero-order chi connectivity index (χ0) is 13.5. The second-order valence-corrected chi connectivity index (χ2v) is 3.99. The summed E-state index contributed by atoms with van der Waals surface area (Å²) in [6, 6.07) is 14.9. The molecule has 0 unspecified atom stereocenters. The van der Waals surface area contributed by atoms with Crippen molar-refractivity contribution in [1.82, 2.24) is 4.98 Å². The highest BCUT2D eigenvalue weighted by molar-refractivity contribution is 5.77. The zero-order valence-corrected chi connectivity index (χ0v) is 10.7. The summed E-state index contributed by atoms with van der Waals surface area (Å²) in [5.74, 6) is 0.546. The molecule has 0 saturated carbocycles. The zero-order valence-electron chi connectivity index (χ0n) is 10.7. The molecule has 19 heavy (non-hydrogen) atoms. The average Bonchev–Trinajstić information content (AvgIpc) is 2.49. The van der Waals surface area contributed by atoms with Crippen molar-refractivity contribution >= 4 is 6.21 Å². The lowest BCUT2D eigenvalue weighted by molar-refractivity contribution is 0.269. The molecule has 0 radical (unpaired) electrons. The summed E-state index contributed by atoms with van der Waals surface area (Å²) in [6.45, 7) is -0.0372. The van der Waals surface area contributed by atoms with Crippen LogP contribution in [0.2, 0.25) is 0 Å². The first-order chi connectivity index (χ1) is 9.33. The van der Waals surface area contributed by atoms with Crippen LogP contribution < -0.4 is 4.74 Å². The third-order valence-electron chi connectivity index (χ3n) is 2.70. The SMILES string of the molecule is COc1cccc(/C=N/[C@H](CO)c2ccccc2)n1. The van der Waals surface area contributed by atoms with E-state index < -0.39 is 0 Å². The van der Waals surface area contributed by atoms with Crippen LogP contribution in [0.5, 0.6) is 5.88 Å². The molecule has 0 aliphatic heterocycles. The van der Waals surface area contributed by atoms with Gasteiger partial charge in [0.15, 0.2) is 0 Å². The summed E-state index contributed by atoms with van der Waals surface area (Å²) < 4.78 is 5.05. The Kier molecular flexibility index (Phi) is 4.64. The van der Waals surface area contributed by atoms with Crippen LogP contribution >= 0.6 is 0 Å². The first-order valence-electron chi connectivity index (χ1n) is 6.03. The number of hydrogen-bond acceptors (Lipinski definition) is 4. The smallest absolute Gasteiger partial charge is 0.213 e. The van der Waals surface area contributed by atoms with E-state index in [1.807, 2.05) is 42.5 Å². The van der Waals surface area contributed by atoms with Crippen molar-refractivity contribution in [2.45, 2.75) is 6.04 Å². The Hall–Kier alpha value is -2.20. The van der Waals surface area contributed by atoms with Crippen LogP contribution in [0.4, 0.5) is 0 Å². The van der Waals surface area contributed by atoms with Gasteiger partial charge in [0.1, 0.15) is 0 Å². The monoisotopic (exact) mass is 256 g/mol. The molecule has 2 aromatic rings. The highest BCUT2D eigenvalue weighted by Crippen LogP contribution is 2.16. The third-order valence-corrected chi connectivity index (χ3v) is 2.70. The van der Waals surface area contributed by atoms with E-state index in [2.05, 4.69) is 9.98 Å². The minimum absolute atomic E-state index is 0.0372. The highest BCUT2D eigenvalue weighted by atomic mass is 16.5. The van der Waals surface area contributed by atoms with Crippen LogP contribution in [0.25, 0.3) is 0 Å². The third kappa shape index (κ3) is 3.63. The molecule has 1 N–H and O–H groups in total. The van der Waals surface area contributed by atoms with Crippen LogP contribution in [0, 0.1) is 0 Å². The number of pyridine rings is 1. The molecule has 1 heterocycles. The van der Waals surface area contributed by atoms with Gasteiger partial charge in [-0.05, 0) is 11.6 Å². The maximum Gasteiger partial charge on any atom is 0.213 e. The Labute approximate surface area is 112 Å². The Morgan fingerprint density at radius 1 is 1.21 bits per heavy atom. The minimum atomic E-state index is -0.269. The molecule has 0 fully saturated rings. The average molecular weight is 256 g/mol. The van der Waals surface area contributed by atoms with E-state index in [-0.39, 0.29) is 12.6 Å². The van der Waals surface area contributed by atoms with Crippen LogP contribution in [-0.2, 0) is 0 Å². The van der Waals surface area contributed by atoms with Gasteiger partial charge < -0.3 is 9.84 Å². The predicted octanol–water partition coefficient (Wildman–Crippen LogP) is 2.24. The number of hydrogen-bond donors (Lipinski definition) is 1. The van der Waals surface area contributed by atoms with E-state index in [9.17, 15) is 5.11 Å². The summed E-state index contributed by atoms with van der Waals surface area (Å²) in [5.41, 5.74) is 1.68. The summed E-state index contributed by atoms with van der Waals surface area (Å²) in [4.78, 5) is 8.60. The molecule has 1 atom stereocenters. The first-order valence-corrected chi connectivity index (χ1v) is 6.03. The number of rotatable bonds is 5. The van der Waals surface area contributed by atoms with Crippen LogP contribution in [0.15, 0.2) is 53.5 Å². The van der Waals surface area contributed by atoms with Crippen molar-refractivity contribution in [2.24, 2.45) is 4.99 Å². The fraction of sp³-hybridized carbons (Fsp3) is 0.200.